The molecule has 132 valence electrons. The molecule has 0 aliphatic heterocycles. The number of aryl methyl sites for hydroxylation is 1. The minimum Gasteiger partial charge on any atom is -0.354 e. The molecule has 0 bridgehead atoms. The second-order valence-corrected chi connectivity index (χ2v) is 6.64. The smallest absolute Gasteiger partial charge is 0.252 e. The van der Waals surface area contributed by atoms with E-state index in [0.717, 1.165) is 5.56 Å². The average Bonchev–Trinajstić information content (AvgIpc) is 2.60. The summed E-state index contributed by atoms with van der Waals surface area (Å²) in [5.74, 6) is -0.409. The van der Waals surface area contributed by atoms with Crippen LogP contribution in [0.4, 0.5) is 0 Å². The van der Waals surface area contributed by atoms with E-state index in [0.29, 0.717) is 46.6 Å². The van der Waals surface area contributed by atoms with Gasteiger partial charge in [-0.15, -0.1) is 0 Å². The third-order valence-corrected chi connectivity index (χ3v) is 4.28. The van der Waals surface area contributed by atoms with E-state index < -0.39 is 0 Å². The maximum Gasteiger partial charge on any atom is 0.252 e. The number of nitrogens with one attached hydrogen (secondary N) is 2. The topological polar surface area (TPSA) is 58.2 Å². The molecule has 0 aliphatic rings. The largest absolute Gasteiger partial charge is 0.354 e. The Hall–Kier alpha value is -1.75. The lowest BCUT2D eigenvalue weighted by atomic mass is 10.1. The molecule has 0 atom stereocenters. The average molecular weight is 400 g/mol. The first-order valence-corrected chi connectivity index (χ1v) is 8.83. The Morgan fingerprint density at radius 3 is 2.20 bits per heavy atom. The van der Waals surface area contributed by atoms with Crippen molar-refractivity contribution in [1.29, 1.82) is 0 Å². The van der Waals surface area contributed by atoms with Gasteiger partial charge in [0.1, 0.15) is 0 Å². The van der Waals surface area contributed by atoms with E-state index in [4.69, 9.17) is 34.8 Å². The number of hydrogen-bond acceptors (Lipinski definition) is 2. The van der Waals surface area contributed by atoms with Gasteiger partial charge in [-0.2, -0.15) is 0 Å². The molecule has 0 saturated heterocycles. The maximum absolute atomic E-state index is 12.0. The molecule has 2 aromatic rings. The molecule has 0 heterocycles. The SMILES string of the molecule is O=C(CCc1ccc(Cl)cc1)NCCNC(=O)c1cc(Cl)ccc1Cl. The fourth-order valence-corrected chi connectivity index (χ4v) is 2.64. The maximum atomic E-state index is 12.0. The van der Waals surface area contributed by atoms with Crippen molar-refractivity contribution in [2.24, 2.45) is 0 Å². The lowest BCUT2D eigenvalue weighted by Gasteiger charge is -2.08. The predicted octanol–water partition coefficient (Wildman–Crippen LogP) is 4.13. The van der Waals surface area contributed by atoms with Crippen LogP contribution in [-0.4, -0.2) is 24.9 Å². The highest BCUT2D eigenvalue weighted by atomic mass is 35.5. The van der Waals surface area contributed by atoms with Crippen molar-refractivity contribution in [1.82, 2.24) is 10.6 Å². The summed E-state index contributed by atoms with van der Waals surface area (Å²) in [6, 6.07) is 12.1. The van der Waals surface area contributed by atoms with E-state index in [1.54, 1.807) is 24.3 Å². The van der Waals surface area contributed by atoms with Gasteiger partial charge in [0.2, 0.25) is 5.91 Å². The van der Waals surface area contributed by atoms with Crippen LogP contribution in [0.1, 0.15) is 22.3 Å². The minimum absolute atomic E-state index is 0.0787. The Morgan fingerprint density at radius 2 is 1.48 bits per heavy atom. The molecule has 7 heteroatoms. The molecule has 2 rings (SSSR count). The fraction of sp³-hybridized carbons (Fsp3) is 0.222. The third-order valence-electron chi connectivity index (χ3n) is 3.46. The quantitative estimate of drug-likeness (QED) is 0.688. The van der Waals surface area contributed by atoms with Crippen LogP contribution in [0.5, 0.6) is 0 Å². The van der Waals surface area contributed by atoms with Gasteiger partial charge in [-0.1, -0.05) is 46.9 Å². The Bertz CT molecular complexity index is 748. The van der Waals surface area contributed by atoms with Crippen LogP contribution in [0, 0.1) is 0 Å². The molecule has 4 nitrogen and oxygen atoms in total. The van der Waals surface area contributed by atoms with Gasteiger partial charge >= 0.3 is 0 Å². The Kier molecular flexibility index (Phi) is 7.56. The first-order valence-electron chi connectivity index (χ1n) is 7.70. The monoisotopic (exact) mass is 398 g/mol. The first kappa shape index (κ1) is 19.6. The molecule has 0 aromatic heterocycles. The molecule has 0 radical (unpaired) electrons. The van der Waals surface area contributed by atoms with E-state index in [-0.39, 0.29) is 11.8 Å². The van der Waals surface area contributed by atoms with Gasteiger partial charge < -0.3 is 10.6 Å². The molecule has 0 aliphatic carbocycles. The highest BCUT2D eigenvalue weighted by Crippen LogP contribution is 2.20. The standard InChI is InChI=1S/C18H17Cl3N2O2/c19-13-4-1-12(2-5-13)3-8-17(24)22-9-10-23-18(25)15-11-14(20)6-7-16(15)21/h1-2,4-7,11H,3,8-10H2,(H,22,24)(H,23,25). The van der Waals surface area contributed by atoms with E-state index in [1.807, 2.05) is 12.1 Å². The zero-order chi connectivity index (χ0) is 18.2. The number of carbonyl (C=O) groups is 2. The van der Waals surface area contributed by atoms with Crippen LogP contribution in [0.15, 0.2) is 42.5 Å². The zero-order valence-corrected chi connectivity index (χ0v) is 15.6. The first-order chi connectivity index (χ1) is 12.0. The molecule has 0 fully saturated rings. The zero-order valence-electron chi connectivity index (χ0n) is 13.3. The number of benzene rings is 2. The fourth-order valence-electron chi connectivity index (χ4n) is 2.14. The molecule has 2 aromatic carbocycles. The highest BCUT2D eigenvalue weighted by Gasteiger charge is 2.10. The third kappa shape index (κ3) is 6.58. The van der Waals surface area contributed by atoms with Crippen LogP contribution < -0.4 is 10.6 Å². The van der Waals surface area contributed by atoms with Gasteiger partial charge in [-0.05, 0) is 42.3 Å². The van der Waals surface area contributed by atoms with E-state index in [2.05, 4.69) is 10.6 Å². The van der Waals surface area contributed by atoms with Gasteiger partial charge in [0.25, 0.3) is 5.91 Å². The minimum atomic E-state index is -0.331. The van der Waals surface area contributed by atoms with Crippen molar-refractivity contribution >= 4 is 46.6 Å². The molecule has 2 N–H and O–H groups in total. The predicted molar refractivity (Wildman–Crippen MR) is 102 cm³/mol. The Labute approximate surface area is 161 Å². The summed E-state index contributed by atoms with van der Waals surface area (Å²) in [6.45, 7) is 0.637. The number of amides is 2. The summed E-state index contributed by atoms with van der Waals surface area (Å²) in [5, 5.41) is 6.88. The summed E-state index contributed by atoms with van der Waals surface area (Å²) < 4.78 is 0. The van der Waals surface area contributed by atoms with Crippen LogP contribution in [-0.2, 0) is 11.2 Å². The Balaban J connectivity index is 1.68. The number of rotatable bonds is 7. The Morgan fingerprint density at radius 1 is 0.840 bits per heavy atom. The van der Waals surface area contributed by atoms with E-state index in [9.17, 15) is 9.59 Å². The highest BCUT2D eigenvalue weighted by molar-refractivity contribution is 6.35. The van der Waals surface area contributed by atoms with Gasteiger partial charge in [-0.3, -0.25) is 9.59 Å². The van der Waals surface area contributed by atoms with E-state index >= 15 is 0 Å². The van der Waals surface area contributed by atoms with Crippen molar-refractivity contribution in [3.8, 4) is 0 Å². The van der Waals surface area contributed by atoms with Gasteiger partial charge in [0.05, 0.1) is 10.6 Å². The lowest BCUT2D eigenvalue weighted by molar-refractivity contribution is -0.121. The summed E-state index contributed by atoms with van der Waals surface area (Å²) in [4.78, 5) is 23.8. The number of halogens is 3. The molecule has 0 saturated carbocycles. The normalized spacial score (nSPS) is 10.4. The van der Waals surface area contributed by atoms with E-state index in [1.165, 1.54) is 6.07 Å². The second kappa shape index (κ2) is 9.66. The second-order valence-electron chi connectivity index (χ2n) is 5.36. The molecule has 25 heavy (non-hydrogen) atoms. The summed E-state index contributed by atoms with van der Waals surface area (Å²) >= 11 is 17.6. The lowest BCUT2D eigenvalue weighted by Crippen LogP contribution is -2.34. The van der Waals surface area contributed by atoms with Crippen molar-refractivity contribution in [3.63, 3.8) is 0 Å². The number of carbonyl (C=O) groups excluding carboxylic acids is 2. The molecular formula is C18H17Cl3N2O2. The van der Waals surface area contributed by atoms with Crippen LogP contribution >= 0.6 is 34.8 Å². The van der Waals surface area contributed by atoms with Crippen molar-refractivity contribution < 1.29 is 9.59 Å². The summed E-state index contributed by atoms with van der Waals surface area (Å²) in [7, 11) is 0. The van der Waals surface area contributed by atoms with Crippen LogP contribution in [0.25, 0.3) is 0 Å². The van der Waals surface area contributed by atoms with Crippen molar-refractivity contribution in [3.05, 3.63) is 68.7 Å². The summed E-state index contributed by atoms with van der Waals surface area (Å²) in [5.41, 5.74) is 1.35. The van der Waals surface area contributed by atoms with Gasteiger partial charge in [0, 0.05) is 29.6 Å². The van der Waals surface area contributed by atoms with Crippen LogP contribution in [0.3, 0.4) is 0 Å². The summed E-state index contributed by atoms with van der Waals surface area (Å²) in [6.07, 6.45) is 1.00. The molecule has 0 unspecified atom stereocenters. The van der Waals surface area contributed by atoms with Gasteiger partial charge in [0.15, 0.2) is 0 Å². The molecule has 0 spiro atoms. The molecule has 2 amide bonds. The van der Waals surface area contributed by atoms with Crippen molar-refractivity contribution in [2.75, 3.05) is 13.1 Å². The number of hydrogen-bond donors (Lipinski definition) is 2. The van der Waals surface area contributed by atoms with Crippen LogP contribution in [0.2, 0.25) is 15.1 Å². The molecular weight excluding hydrogens is 383 g/mol. The van der Waals surface area contributed by atoms with Crippen molar-refractivity contribution in [2.45, 2.75) is 12.8 Å². The van der Waals surface area contributed by atoms with Gasteiger partial charge in [-0.25, -0.2) is 0 Å².